The van der Waals surface area contributed by atoms with E-state index < -0.39 is 11.9 Å². The maximum absolute atomic E-state index is 13.0. The summed E-state index contributed by atoms with van der Waals surface area (Å²) in [6, 6.07) is 20.1. The van der Waals surface area contributed by atoms with Crippen LogP contribution in [-0.2, 0) is 17.9 Å². The lowest BCUT2D eigenvalue weighted by Gasteiger charge is -2.15. The minimum absolute atomic E-state index is 0.179. The first kappa shape index (κ1) is 25.0. The number of urea groups is 1. The van der Waals surface area contributed by atoms with Crippen LogP contribution < -0.4 is 14.8 Å². The Morgan fingerprint density at radius 3 is 2.64 bits per heavy atom. The summed E-state index contributed by atoms with van der Waals surface area (Å²) in [6.45, 7) is 4.60. The highest BCUT2D eigenvalue weighted by atomic mass is 79.9. The molecular weight excluding hydrogens is 522 g/mol. The number of rotatable bonds is 8. The van der Waals surface area contributed by atoms with Crippen LogP contribution in [0, 0.1) is 18.3 Å². The molecule has 3 amide bonds. The molecule has 0 bridgehead atoms. The summed E-state index contributed by atoms with van der Waals surface area (Å²) in [5, 5.41) is 12.0. The van der Waals surface area contributed by atoms with E-state index >= 15 is 0 Å². The molecule has 3 aromatic carbocycles. The van der Waals surface area contributed by atoms with Crippen molar-refractivity contribution in [1.29, 1.82) is 5.26 Å². The molecule has 3 aromatic rings. The molecule has 0 radical (unpaired) electrons. The van der Waals surface area contributed by atoms with Crippen molar-refractivity contribution in [3.8, 4) is 17.6 Å². The van der Waals surface area contributed by atoms with E-state index in [-0.39, 0.29) is 18.8 Å². The second-order valence-electron chi connectivity index (χ2n) is 8.19. The van der Waals surface area contributed by atoms with Gasteiger partial charge in [-0.05, 0) is 65.2 Å². The average molecular weight is 546 g/mol. The van der Waals surface area contributed by atoms with Crippen LogP contribution in [0.25, 0.3) is 6.08 Å². The minimum Gasteiger partial charge on any atom is -0.490 e. The number of benzene rings is 3. The van der Waals surface area contributed by atoms with Crippen molar-refractivity contribution in [2.45, 2.75) is 27.0 Å². The third-order valence-electron chi connectivity index (χ3n) is 5.54. The summed E-state index contributed by atoms with van der Waals surface area (Å²) in [6.07, 6.45) is 1.61. The fraction of sp³-hybridized carbons (Fsp3) is 0.179. The number of ether oxygens (including phenoxy) is 2. The van der Waals surface area contributed by atoms with Crippen LogP contribution in [0.5, 0.6) is 11.5 Å². The van der Waals surface area contributed by atoms with Gasteiger partial charge in [0.25, 0.3) is 5.91 Å². The lowest BCUT2D eigenvalue weighted by molar-refractivity contribution is -0.123. The van der Waals surface area contributed by atoms with Crippen LogP contribution in [0.3, 0.4) is 0 Å². The number of nitrogens with zero attached hydrogens (tertiary/aromatic N) is 2. The van der Waals surface area contributed by atoms with Gasteiger partial charge in [0.1, 0.15) is 12.3 Å². The predicted octanol–water partition coefficient (Wildman–Crippen LogP) is 5.70. The highest BCUT2D eigenvalue weighted by molar-refractivity contribution is 9.10. The van der Waals surface area contributed by atoms with E-state index in [0.717, 1.165) is 16.7 Å². The Labute approximate surface area is 218 Å². The van der Waals surface area contributed by atoms with Gasteiger partial charge in [-0.15, -0.1) is 0 Å². The molecule has 0 aliphatic carbocycles. The van der Waals surface area contributed by atoms with Crippen molar-refractivity contribution in [3.63, 3.8) is 0 Å². The molecule has 1 aliphatic rings. The first-order chi connectivity index (χ1) is 17.4. The summed E-state index contributed by atoms with van der Waals surface area (Å²) in [5.41, 5.74) is 4.06. The number of carbonyl (C=O) groups excluding carboxylic acids is 2. The van der Waals surface area contributed by atoms with Gasteiger partial charge < -0.3 is 14.8 Å². The van der Waals surface area contributed by atoms with Crippen molar-refractivity contribution >= 4 is 33.9 Å². The van der Waals surface area contributed by atoms with Gasteiger partial charge in [-0.1, -0.05) is 48.0 Å². The van der Waals surface area contributed by atoms with Gasteiger partial charge in [0.05, 0.1) is 29.3 Å². The van der Waals surface area contributed by atoms with Gasteiger partial charge >= 0.3 is 6.03 Å². The molecule has 1 heterocycles. The van der Waals surface area contributed by atoms with E-state index in [0.29, 0.717) is 33.7 Å². The van der Waals surface area contributed by atoms with Crippen molar-refractivity contribution in [2.24, 2.45) is 0 Å². The predicted molar refractivity (Wildman–Crippen MR) is 139 cm³/mol. The van der Waals surface area contributed by atoms with Crippen LogP contribution >= 0.6 is 15.9 Å². The van der Waals surface area contributed by atoms with Crippen molar-refractivity contribution in [2.75, 3.05) is 6.61 Å². The van der Waals surface area contributed by atoms with E-state index in [1.165, 1.54) is 4.90 Å². The number of nitriles is 1. The standard InChI is InChI=1S/C28H24BrN3O4/c1-3-35-25-14-20(12-23(29)26(25)36-17-22-10-5-4-9-21(22)15-30)13-24-27(33)32(28(34)31-24)16-19-8-6-7-18(2)11-19/h4-14H,3,16-17H2,1-2H3,(H,31,34)/b24-13+. The number of hydrogen-bond acceptors (Lipinski definition) is 5. The zero-order valence-corrected chi connectivity index (χ0v) is 21.5. The zero-order chi connectivity index (χ0) is 25.7. The molecular formula is C28H24BrN3O4. The van der Waals surface area contributed by atoms with Gasteiger partial charge in [0.2, 0.25) is 0 Å². The number of amides is 3. The molecule has 182 valence electrons. The highest BCUT2D eigenvalue weighted by Crippen LogP contribution is 2.38. The number of halogens is 1. The molecule has 0 saturated carbocycles. The van der Waals surface area contributed by atoms with Crippen LogP contribution in [0.2, 0.25) is 0 Å². The fourth-order valence-electron chi connectivity index (χ4n) is 3.85. The second-order valence-corrected chi connectivity index (χ2v) is 9.04. The summed E-state index contributed by atoms with van der Waals surface area (Å²) < 4.78 is 12.4. The van der Waals surface area contributed by atoms with E-state index in [4.69, 9.17) is 9.47 Å². The molecule has 0 unspecified atom stereocenters. The summed E-state index contributed by atoms with van der Waals surface area (Å²) in [5.74, 6) is 0.556. The Morgan fingerprint density at radius 2 is 1.89 bits per heavy atom. The largest absolute Gasteiger partial charge is 0.490 e. The quantitative estimate of drug-likeness (QED) is 0.289. The summed E-state index contributed by atoms with van der Waals surface area (Å²) in [7, 11) is 0. The topological polar surface area (TPSA) is 91.7 Å². The molecule has 7 nitrogen and oxygen atoms in total. The normalized spacial score (nSPS) is 14.1. The van der Waals surface area contributed by atoms with Gasteiger partial charge in [0, 0.05) is 5.56 Å². The van der Waals surface area contributed by atoms with Gasteiger partial charge in [0.15, 0.2) is 11.5 Å². The molecule has 0 atom stereocenters. The van der Waals surface area contributed by atoms with Crippen LogP contribution in [0.1, 0.15) is 34.7 Å². The lowest BCUT2D eigenvalue weighted by Crippen LogP contribution is -2.30. The molecule has 4 rings (SSSR count). The molecule has 1 N–H and O–H groups in total. The smallest absolute Gasteiger partial charge is 0.329 e. The van der Waals surface area contributed by atoms with Crippen molar-refractivity contribution in [1.82, 2.24) is 10.2 Å². The van der Waals surface area contributed by atoms with Crippen molar-refractivity contribution < 1.29 is 19.1 Å². The first-order valence-electron chi connectivity index (χ1n) is 11.4. The Morgan fingerprint density at radius 1 is 1.08 bits per heavy atom. The number of hydrogen-bond donors (Lipinski definition) is 1. The molecule has 36 heavy (non-hydrogen) atoms. The third kappa shape index (κ3) is 5.58. The molecule has 1 fully saturated rings. The molecule has 8 heteroatoms. The molecule has 0 spiro atoms. The van der Waals surface area contributed by atoms with Gasteiger partial charge in [-0.25, -0.2) is 4.79 Å². The minimum atomic E-state index is -0.465. The van der Waals surface area contributed by atoms with Crippen LogP contribution in [0.15, 0.2) is 70.8 Å². The number of aryl methyl sites for hydroxylation is 1. The maximum Gasteiger partial charge on any atom is 0.329 e. The van der Waals surface area contributed by atoms with Gasteiger partial charge in [-0.2, -0.15) is 5.26 Å². The van der Waals surface area contributed by atoms with Crippen LogP contribution in [0.4, 0.5) is 4.79 Å². The number of imide groups is 1. The molecule has 1 saturated heterocycles. The zero-order valence-electron chi connectivity index (χ0n) is 19.9. The van der Waals surface area contributed by atoms with Gasteiger partial charge in [-0.3, -0.25) is 9.69 Å². The Hall–Kier alpha value is -4.09. The highest BCUT2D eigenvalue weighted by Gasteiger charge is 2.33. The SMILES string of the molecule is CCOc1cc(/C=C2/NC(=O)N(Cc3cccc(C)c3)C2=O)cc(Br)c1OCc1ccccc1C#N. The number of nitrogens with one attached hydrogen (secondary N) is 1. The summed E-state index contributed by atoms with van der Waals surface area (Å²) >= 11 is 3.53. The Kier molecular flexibility index (Phi) is 7.71. The van der Waals surface area contributed by atoms with E-state index in [1.807, 2.05) is 50.2 Å². The van der Waals surface area contributed by atoms with E-state index in [1.54, 1.807) is 30.3 Å². The van der Waals surface area contributed by atoms with E-state index in [2.05, 4.69) is 27.3 Å². The second kappa shape index (κ2) is 11.1. The Balaban J connectivity index is 1.57. The molecule has 0 aromatic heterocycles. The van der Waals surface area contributed by atoms with Crippen LogP contribution in [-0.4, -0.2) is 23.4 Å². The average Bonchev–Trinajstić information content (AvgIpc) is 3.11. The first-order valence-corrected chi connectivity index (χ1v) is 12.2. The molecule has 1 aliphatic heterocycles. The van der Waals surface area contributed by atoms with E-state index in [9.17, 15) is 14.9 Å². The number of carbonyl (C=O) groups is 2. The summed E-state index contributed by atoms with van der Waals surface area (Å²) in [4.78, 5) is 26.7. The Bertz CT molecular complexity index is 1390. The fourth-order valence-corrected chi connectivity index (χ4v) is 4.43. The monoisotopic (exact) mass is 545 g/mol. The lowest BCUT2D eigenvalue weighted by atomic mass is 10.1. The third-order valence-corrected chi connectivity index (χ3v) is 6.13. The van der Waals surface area contributed by atoms with Crippen molar-refractivity contribution in [3.05, 3.63) is 98.7 Å². The maximum atomic E-state index is 13.0.